The lowest BCUT2D eigenvalue weighted by Crippen LogP contribution is -2.36. The molecule has 0 saturated carbocycles. The van der Waals surface area contributed by atoms with Crippen LogP contribution in [0.5, 0.6) is 5.88 Å². The van der Waals surface area contributed by atoms with Crippen LogP contribution in [0.3, 0.4) is 0 Å². The Morgan fingerprint density at radius 2 is 2.18 bits per heavy atom. The third-order valence-corrected chi connectivity index (χ3v) is 2.88. The minimum atomic E-state index is -0.511. The fourth-order valence-electron chi connectivity index (χ4n) is 1.82. The zero-order valence-electron chi connectivity index (χ0n) is 10.1. The second-order valence-electron chi connectivity index (χ2n) is 4.22. The Morgan fingerprint density at radius 1 is 1.47 bits per heavy atom. The first kappa shape index (κ1) is 12.0. The Morgan fingerprint density at radius 3 is 2.82 bits per heavy atom. The number of rotatable bonds is 3. The number of hydrogen-bond acceptors (Lipinski definition) is 5. The first-order valence-corrected chi connectivity index (χ1v) is 5.74. The molecule has 1 aromatic heterocycles. The number of nitrogens with zero attached hydrogens (tertiary/aromatic N) is 3. The highest BCUT2D eigenvalue weighted by Gasteiger charge is 2.20. The Bertz CT molecular complexity index is 380. The SMILES string of the molecule is CNc1ncc(F)c(OC2CCN(C)CC2)n1. The number of ether oxygens (including phenoxy) is 1. The minimum absolute atomic E-state index is 0.0407. The average Bonchev–Trinajstić information content (AvgIpc) is 2.35. The second kappa shape index (κ2) is 5.27. The van der Waals surface area contributed by atoms with E-state index in [0.29, 0.717) is 5.95 Å². The van der Waals surface area contributed by atoms with Crippen LogP contribution in [-0.2, 0) is 0 Å². The third-order valence-electron chi connectivity index (χ3n) is 2.88. The van der Waals surface area contributed by atoms with Crippen LogP contribution in [0.25, 0.3) is 0 Å². The average molecular weight is 240 g/mol. The molecule has 1 aromatic rings. The molecule has 0 bridgehead atoms. The standard InChI is InChI=1S/C11H17FN4O/c1-13-11-14-7-9(12)10(15-11)17-8-3-5-16(2)6-4-8/h7-8H,3-6H2,1-2H3,(H,13,14,15). The Labute approximate surface area is 100 Å². The summed E-state index contributed by atoms with van der Waals surface area (Å²) in [6, 6.07) is 0. The van der Waals surface area contributed by atoms with Crippen LogP contribution in [0.4, 0.5) is 10.3 Å². The maximum Gasteiger partial charge on any atom is 0.255 e. The molecular formula is C11H17FN4O. The van der Waals surface area contributed by atoms with Gasteiger partial charge >= 0.3 is 0 Å². The fourth-order valence-corrected chi connectivity index (χ4v) is 1.82. The molecule has 17 heavy (non-hydrogen) atoms. The Balaban J connectivity index is 2.02. The van der Waals surface area contributed by atoms with E-state index in [1.807, 2.05) is 0 Å². The molecule has 2 rings (SSSR count). The van der Waals surface area contributed by atoms with Crippen molar-refractivity contribution in [2.45, 2.75) is 18.9 Å². The van der Waals surface area contributed by atoms with Crippen LogP contribution in [0, 0.1) is 5.82 Å². The Hall–Kier alpha value is -1.43. The normalized spacial score (nSPS) is 18.1. The van der Waals surface area contributed by atoms with Gasteiger partial charge in [0.1, 0.15) is 6.10 Å². The third kappa shape index (κ3) is 3.03. The van der Waals surface area contributed by atoms with Gasteiger partial charge in [0, 0.05) is 20.1 Å². The lowest BCUT2D eigenvalue weighted by atomic mass is 10.1. The second-order valence-corrected chi connectivity index (χ2v) is 4.22. The summed E-state index contributed by atoms with van der Waals surface area (Å²) in [5, 5.41) is 2.76. The summed E-state index contributed by atoms with van der Waals surface area (Å²) in [5.41, 5.74) is 0. The molecule has 94 valence electrons. The van der Waals surface area contributed by atoms with E-state index in [0.717, 1.165) is 32.1 Å². The van der Waals surface area contributed by atoms with E-state index in [4.69, 9.17) is 4.74 Å². The van der Waals surface area contributed by atoms with Gasteiger partial charge in [-0.1, -0.05) is 0 Å². The molecule has 2 heterocycles. The molecule has 0 spiro atoms. The van der Waals surface area contributed by atoms with Gasteiger partial charge in [0.25, 0.3) is 5.88 Å². The van der Waals surface area contributed by atoms with E-state index in [-0.39, 0.29) is 12.0 Å². The predicted molar refractivity (Wildman–Crippen MR) is 62.7 cm³/mol. The zero-order chi connectivity index (χ0) is 12.3. The molecule has 1 aliphatic heterocycles. The first-order chi connectivity index (χ1) is 8.19. The van der Waals surface area contributed by atoms with Crippen molar-refractivity contribution in [2.75, 3.05) is 32.5 Å². The molecule has 0 unspecified atom stereocenters. The highest BCUT2D eigenvalue weighted by atomic mass is 19.1. The maximum atomic E-state index is 13.4. The van der Waals surface area contributed by atoms with Crippen molar-refractivity contribution in [3.05, 3.63) is 12.0 Å². The van der Waals surface area contributed by atoms with E-state index < -0.39 is 5.82 Å². The van der Waals surface area contributed by atoms with Crippen LogP contribution in [0.1, 0.15) is 12.8 Å². The highest BCUT2D eigenvalue weighted by Crippen LogP contribution is 2.20. The molecule has 0 aromatic carbocycles. The summed E-state index contributed by atoms with van der Waals surface area (Å²) in [5.74, 6) is -0.101. The molecule has 6 heteroatoms. The molecule has 5 nitrogen and oxygen atoms in total. The number of anilines is 1. The minimum Gasteiger partial charge on any atom is -0.472 e. The molecule has 0 amide bonds. The Kier molecular flexibility index (Phi) is 3.73. The van der Waals surface area contributed by atoms with E-state index in [1.54, 1.807) is 7.05 Å². The zero-order valence-corrected chi connectivity index (χ0v) is 10.1. The smallest absolute Gasteiger partial charge is 0.255 e. The molecule has 0 atom stereocenters. The van der Waals surface area contributed by atoms with Crippen molar-refractivity contribution in [2.24, 2.45) is 0 Å². The topological polar surface area (TPSA) is 50.3 Å². The quantitative estimate of drug-likeness (QED) is 0.858. The fraction of sp³-hybridized carbons (Fsp3) is 0.636. The van der Waals surface area contributed by atoms with Crippen LogP contribution < -0.4 is 10.1 Å². The maximum absolute atomic E-state index is 13.4. The van der Waals surface area contributed by atoms with Crippen LogP contribution in [0.2, 0.25) is 0 Å². The number of hydrogen-bond donors (Lipinski definition) is 1. The molecule has 1 saturated heterocycles. The van der Waals surface area contributed by atoms with Crippen molar-refractivity contribution < 1.29 is 9.13 Å². The van der Waals surface area contributed by atoms with E-state index >= 15 is 0 Å². The van der Waals surface area contributed by atoms with Gasteiger partial charge in [0.2, 0.25) is 11.8 Å². The number of piperidine rings is 1. The van der Waals surface area contributed by atoms with Gasteiger partial charge in [-0.15, -0.1) is 0 Å². The summed E-state index contributed by atoms with van der Waals surface area (Å²) in [6.07, 6.45) is 2.97. The predicted octanol–water partition coefficient (Wildman–Crippen LogP) is 1.13. The monoisotopic (exact) mass is 240 g/mol. The van der Waals surface area contributed by atoms with Crippen molar-refractivity contribution >= 4 is 5.95 Å². The van der Waals surface area contributed by atoms with Crippen molar-refractivity contribution in [3.8, 4) is 5.88 Å². The lowest BCUT2D eigenvalue weighted by Gasteiger charge is -2.28. The molecular weight excluding hydrogens is 223 g/mol. The highest BCUT2D eigenvalue weighted by molar-refractivity contribution is 5.27. The van der Waals surface area contributed by atoms with E-state index in [2.05, 4.69) is 27.2 Å². The number of likely N-dealkylation sites (tertiary alicyclic amines) is 1. The first-order valence-electron chi connectivity index (χ1n) is 5.74. The van der Waals surface area contributed by atoms with Gasteiger partial charge in [-0.25, -0.2) is 4.98 Å². The van der Waals surface area contributed by atoms with Gasteiger partial charge in [-0.3, -0.25) is 0 Å². The van der Waals surface area contributed by atoms with Crippen molar-refractivity contribution in [3.63, 3.8) is 0 Å². The van der Waals surface area contributed by atoms with Crippen molar-refractivity contribution in [1.29, 1.82) is 0 Å². The summed E-state index contributed by atoms with van der Waals surface area (Å²) in [6.45, 7) is 1.94. The van der Waals surface area contributed by atoms with Crippen LogP contribution >= 0.6 is 0 Å². The molecule has 1 N–H and O–H groups in total. The number of nitrogens with one attached hydrogen (secondary N) is 1. The van der Waals surface area contributed by atoms with Crippen molar-refractivity contribution in [1.82, 2.24) is 14.9 Å². The molecule has 0 radical (unpaired) electrons. The molecule has 1 fully saturated rings. The molecule has 0 aliphatic carbocycles. The van der Waals surface area contributed by atoms with Gasteiger partial charge in [0.05, 0.1) is 6.20 Å². The summed E-state index contributed by atoms with van der Waals surface area (Å²) >= 11 is 0. The van der Waals surface area contributed by atoms with Gasteiger partial charge in [0.15, 0.2) is 0 Å². The largest absolute Gasteiger partial charge is 0.472 e. The summed E-state index contributed by atoms with van der Waals surface area (Å²) < 4.78 is 19.0. The van der Waals surface area contributed by atoms with Gasteiger partial charge in [-0.2, -0.15) is 9.37 Å². The van der Waals surface area contributed by atoms with Gasteiger partial charge < -0.3 is 15.0 Å². The summed E-state index contributed by atoms with van der Waals surface area (Å²) in [4.78, 5) is 9.98. The molecule has 1 aliphatic rings. The van der Waals surface area contributed by atoms with E-state index in [9.17, 15) is 4.39 Å². The van der Waals surface area contributed by atoms with Crippen LogP contribution in [-0.4, -0.2) is 48.2 Å². The van der Waals surface area contributed by atoms with E-state index in [1.165, 1.54) is 0 Å². The number of aromatic nitrogens is 2. The number of halogens is 1. The summed E-state index contributed by atoms with van der Waals surface area (Å²) in [7, 11) is 3.76. The van der Waals surface area contributed by atoms with Gasteiger partial charge in [-0.05, 0) is 19.9 Å². The van der Waals surface area contributed by atoms with Crippen LogP contribution in [0.15, 0.2) is 6.20 Å². The lowest BCUT2D eigenvalue weighted by molar-refractivity contribution is 0.105.